The predicted octanol–water partition coefficient (Wildman–Crippen LogP) is 3.72. The van der Waals surface area contributed by atoms with E-state index in [4.69, 9.17) is 5.11 Å². The number of nitrogens with zero attached hydrogens (tertiary/aromatic N) is 3. The van der Waals surface area contributed by atoms with Crippen LogP contribution >= 0.6 is 11.8 Å². The molecule has 1 aliphatic rings. The Balaban J connectivity index is 2.22. The van der Waals surface area contributed by atoms with E-state index >= 15 is 0 Å². The van der Waals surface area contributed by atoms with Gasteiger partial charge in [-0.3, -0.25) is 4.79 Å². The van der Waals surface area contributed by atoms with Crippen molar-refractivity contribution in [1.82, 2.24) is 14.8 Å². The van der Waals surface area contributed by atoms with E-state index in [-0.39, 0.29) is 5.75 Å². The van der Waals surface area contributed by atoms with E-state index in [1.54, 1.807) is 0 Å². The maximum Gasteiger partial charge on any atom is 0.313 e. The van der Waals surface area contributed by atoms with Gasteiger partial charge in [0.05, 0.1) is 5.75 Å². The van der Waals surface area contributed by atoms with Crippen LogP contribution in [0.5, 0.6) is 0 Å². The fourth-order valence-corrected chi connectivity index (χ4v) is 3.62. The molecule has 2 rings (SSSR count). The molecule has 1 aromatic rings. The minimum absolute atomic E-state index is 0.0362. The number of carbonyl (C=O) groups is 1. The quantitative estimate of drug-likeness (QED) is 0.839. The van der Waals surface area contributed by atoms with Gasteiger partial charge in [-0.05, 0) is 31.1 Å². The van der Waals surface area contributed by atoms with E-state index in [9.17, 15) is 4.79 Å². The van der Waals surface area contributed by atoms with E-state index in [0.29, 0.717) is 17.4 Å². The lowest BCUT2D eigenvalue weighted by atomic mass is 9.75. The summed E-state index contributed by atoms with van der Waals surface area (Å²) in [7, 11) is 0. The minimum atomic E-state index is -0.814. The zero-order valence-electron chi connectivity index (χ0n) is 13.3. The summed E-state index contributed by atoms with van der Waals surface area (Å²) in [5.41, 5.74) is 0.414. The van der Waals surface area contributed by atoms with Crippen molar-refractivity contribution >= 4 is 17.7 Å². The lowest BCUT2D eigenvalue weighted by Crippen LogP contribution is -2.25. The first-order chi connectivity index (χ1) is 9.80. The van der Waals surface area contributed by atoms with Gasteiger partial charge in [0, 0.05) is 12.0 Å². The van der Waals surface area contributed by atoms with Crippen molar-refractivity contribution in [2.75, 3.05) is 5.75 Å². The highest BCUT2D eigenvalue weighted by Crippen LogP contribution is 2.42. The average molecular weight is 311 g/mol. The van der Waals surface area contributed by atoms with Gasteiger partial charge in [-0.2, -0.15) is 0 Å². The van der Waals surface area contributed by atoms with Crippen molar-refractivity contribution in [2.24, 2.45) is 5.41 Å². The molecule has 6 heteroatoms. The van der Waals surface area contributed by atoms with Crippen LogP contribution in [-0.4, -0.2) is 31.6 Å². The molecule has 1 aliphatic carbocycles. The third-order valence-electron chi connectivity index (χ3n) is 4.21. The number of carboxylic acid groups (broad SMARTS) is 1. The Morgan fingerprint density at radius 3 is 2.52 bits per heavy atom. The van der Waals surface area contributed by atoms with Crippen molar-refractivity contribution in [2.45, 2.75) is 70.5 Å². The Morgan fingerprint density at radius 1 is 1.38 bits per heavy atom. The largest absolute Gasteiger partial charge is 0.481 e. The Labute approximate surface area is 130 Å². The molecular formula is C15H25N3O2S. The van der Waals surface area contributed by atoms with Gasteiger partial charge in [0.2, 0.25) is 0 Å². The molecule has 0 saturated heterocycles. The summed E-state index contributed by atoms with van der Waals surface area (Å²) in [5.74, 6) is 0.499. The molecule has 1 aromatic heterocycles. The van der Waals surface area contributed by atoms with Crippen LogP contribution in [0.25, 0.3) is 0 Å². The number of aromatic nitrogens is 3. The first-order valence-corrected chi connectivity index (χ1v) is 8.58. The molecule has 1 saturated carbocycles. The van der Waals surface area contributed by atoms with Gasteiger partial charge in [-0.25, -0.2) is 0 Å². The maximum atomic E-state index is 10.8. The van der Waals surface area contributed by atoms with Gasteiger partial charge in [0.1, 0.15) is 5.82 Å². The first kappa shape index (κ1) is 16.3. The van der Waals surface area contributed by atoms with Gasteiger partial charge >= 0.3 is 5.97 Å². The maximum absolute atomic E-state index is 10.8. The Kier molecular flexibility index (Phi) is 4.96. The minimum Gasteiger partial charge on any atom is -0.481 e. The lowest BCUT2D eigenvalue weighted by molar-refractivity contribution is -0.133. The number of hydrogen-bond acceptors (Lipinski definition) is 4. The second kappa shape index (κ2) is 6.38. The monoisotopic (exact) mass is 311 g/mol. The Hall–Kier alpha value is -1.04. The zero-order valence-corrected chi connectivity index (χ0v) is 14.1. The first-order valence-electron chi connectivity index (χ1n) is 7.59. The van der Waals surface area contributed by atoms with Crippen molar-refractivity contribution < 1.29 is 9.90 Å². The summed E-state index contributed by atoms with van der Waals surface area (Å²) >= 11 is 1.28. The van der Waals surface area contributed by atoms with Crippen LogP contribution in [0.4, 0.5) is 0 Å². The smallest absolute Gasteiger partial charge is 0.313 e. The molecule has 0 bridgehead atoms. The second-order valence-electron chi connectivity index (χ2n) is 6.94. The molecule has 0 aromatic carbocycles. The summed E-state index contributed by atoms with van der Waals surface area (Å²) in [6, 6.07) is 0.404. The number of aliphatic carboxylic acids is 1. The molecule has 1 fully saturated rings. The second-order valence-corrected chi connectivity index (χ2v) is 7.89. The third kappa shape index (κ3) is 3.99. The van der Waals surface area contributed by atoms with Crippen LogP contribution in [0.3, 0.4) is 0 Å². The highest BCUT2D eigenvalue weighted by Gasteiger charge is 2.31. The molecule has 21 heavy (non-hydrogen) atoms. The van der Waals surface area contributed by atoms with Crippen molar-refractivity contribution in [3.8, 4) is 0 Å². The molecule has 0 atom stereocenters. The van der Waals surface area contributed by atoms with E-state index in [2.05, 4.69) is 42.5 Å². The Morgan fingerprint density at radius 2 is 2.00 bits per heavy atom. The lowest BCUT2D eigenvalue weighted by Gasteiger charge is -2.35. The van der Waals surface area contributed by atoms with Crippen LogP contribution < -0.4 is 0 Å². The fourth-order valence-electron chi connectivity index (χ4n) is 2.89. The summed E-state index contributed by atoms with van der Waals surface area (Å²) in [6.45, 7) is 8.86. The number of carboxylic acids is 1. The van der Waals surface area contributed by atoms with Crippen molar-refractivity contribution in [3.05, 3.63) is 5.82 Å². The van der Waals surface area contributed by atoms with Crippen LogP contribution in [0.15, 0.2) is 5.16 Å². The summed E-state index contributed by atoms with van der Waals surface area (Å²) in [5, 5.41) is 18.2. The van der Waals surface area contributed by atoms with Gasteiger partial charge < -0.3 is 9.67 Å². The topological polar surface area (TPSA) is 68.0 Å². The predicted molar refractivity (Wildman–Crippen MR) is 83.8 cm³/mol. The summed E-state index contributed by atoms with van der Waals surface area (Å²) < 4.78 is 2.20. The number of rotatable bonds is 5. The normalized spacial score (nSPS) is 19.1. The molecule has 0 aliphatic heterocycles. The molecule has 0 spiro atoms. The van der Waals surface area contributed by atoms with E-state index in [1.165, 1.54) is 24.6 Å². The van der Waals surface area contributed by atoms with Gasteiger partial charge in [-0.15, -0.1) is 10.2 Å². The van der Waals surface area contributed by atoms with Crippen LogP contribution in [0, 0.1) is 5.41 Å². The summed E-state index contributed by atoms with van der Waals surface area (Å²) in [4.78, 5) is 10.8. The number of thioether (sulfide) groups is 1. The third-order valence-corrected chi connectivity index (χ3v) is 5.13. The van der Waals surface area contributed by atoms with Gasteiger partial charge in [0.15, 0.2) is 5.16 Å². The standard InChI is InChI=1S/C15H25N3O2S/c1-10(2)13-16-17-14(21-9-12(19)20)18(13)11-5-7-15(3,4)8-6-11/h10-11H,5-9H2,1-4H3,(H,19,20). The highest BCUT2D eigenvalue weighted by atomic mass is 32.2. The molecule has 1 N–H and O–H groups in total. The van der Waals surface area contributed by atoms with E-state index in [1.807, 2.05) is 0 Å². The molecule has 1 heterocycles. The summed E-state index contributed by atoms with van der Waals surface area (Å²) in [6.07, 6.45) is 4.61. The fraction of sp³-hybridized carbons (Fsp3) is 0.800. The molecule has 0 amide bonds. The molecular weight excluding hydrogens is 286 g/mol. The average Bonchev–Trinajstić information content (AvgIpc) is 2.80. The zero-order chi connectivity index (χ0) is 15.6. The van der Waals surface area contributed by atoms with Gasteiger partial charge in [0.25, 0.3) is 0 Å². The molecule has 0 radical (unpaired) electrons. The van der Waals surface area contributed by atoms with Gasteiger partial charge in [-0.1, -0.05) is 39.5 Å². The van der Waals surface area contributed by atoms with Crippen molar-refractivity contribution in [3.63, 3.8) is 0 Å². The molecule has 5 nitrogen and oxygen atoms in total. The van der Waals surface area contributed by atoms with Crippen LogP contribution in [-0.2, 0) is 4.79 Å². The van der Waals surface area contributed by atoms with E-state index < -0.39 is 5.97 Å². The number of hydrogen-bond donors (Lipinski definition) is 1. The molecule has 118 valence electrons. The highest BCUT2D eigenvalue weighted by molar-refractivity contribution is 7.99. The van der Waals surface area contributed by atoms with Crippen molar-refractivity contribution in [1.29, 1.82) is 0 Å². The van der Waals surface area contributed by atoms with E-state index in [0.717, 1.165) is 23.8 Å². The SMILES string of the molecule is CC(C)c1nnc(SCC(=O)O)n1C1CCC(C)(C)CC1. The molecule has 0 unspecified atom stereocenters. The van der Waals surface area contributed by atoms with Crippen LogP contribution in [0.2, 0.25) is 0 Å². The Bertz CT molecular complexity index is 501. The van der Waals surface area contributed by atoms with Crippen LogP contribution in [0.1, 0.15) is 71.2 Å².